The van der Waals surface area contributed by atoms with Crippen LogP contribution in [0.1, 0.15) is 23.0 Å². The molecule has 2 amide bonds. The number of hydrogen-bond donors (Lipinski definition) is 0. The third-order valence-corrected chi connectivity index (χ3v) is 8.95. The van der Waals surface area contributed by atoms with E-state index in [2.05, 4.69) is 6.07 Å². The van der Waals surface area contributed by atoms with Gasteiger partial charge in [-0.3, -0.25) is 9.59 Å². The zero-order valence-electron chi connectivity index (χ0n) is 21.4. The van der Waals surface area contributed by atoms with Crippen LogP contribution in [-0.2, 0) is 9.59 Å². The van der Waals surface area contributed by atoms with Gasteiger partial charge in [-0.15, -0.1) is 23.5 Å². The summed E-state index contributed by atoms with van der Waals surface area (Å²) >= 11 is 9.59. The van der Waals surface area contributed by atoms with E-state index in [1.165, 1.54) is 0 Å². The topological polar surface area (TPSA) is 66.7 Å². The van der Waals surface area contributed by atoms with Crippen LogP contribution in [0.2, 0.25) is 5.02 Å². The van der Waals surface area contributed by atoms with E-state index in [0.29, 0.717) is 35.1 Å². The lowest BCUT2D eigenvalue weighted by molar-refractivity contribution is -0.128. The molecular formula is C28H30ClN3O3S2. The first-order valence-electron chi connectivity index (χ1n) is 12.0. The summed E-state index contributed by atoms with van der Waals surface area (Å²) in [7, 11) is 7.08. The van der Waals surface area contributed by atoms with Gasteiger partial charge in [0.2, 0.25) is 11.8 Å². The maximum absolute atomic E-state index is 12.1. The molecule has 6 nitrogen and oxygen atoms in total. The van der Waals surface area contributed by atoms with Crippen molar-refractivity contribution < 1.29 is 14.0 Å². The predicted molar refractivity (Wildman–Crippen MR) is 156 cm³/mol. The molecule has 0 aliphatic heterocycles. The van der Waals surface area contributed by atoms with Gasteiger partial charge >= 0.3 is 0 Å². The van der Waals surface area contributed by atoms with E-state index < -0.39 is 0 Å². The Labute approximate surface area is 230 Å². The molecule has 4 aromatic rings. The number of fused-ring (bicyclic) bond motifs is 2. The van der Waals surface area contributed by atoms with Crippen LogP contribution >= 0.6 is 35.1 Å². The highest BCUT2D eigenvalue weighted by atomic mass is 35.5. The maximum Gasteiger partial charge on any atom is 0.222 e. The largest absolute Gasteiger partial charge is 0.454 e. The minimum absolute atomic E-state index is 0.0102. The van der Waals surface area contributed by atoms with Crippen LogP contribution in [-0.4, -0.2) is 66.3 Å². The highest BCUT2D eigenvalue weighted by Crippen LogP contribution is 2.44. The lowest BCUT2D eigenvalue weighted by Gasteiger charge is -2.18. The fourth-order valence-electron chi connectivity index (χ4n) is 3.81. The fraction of sp³-hybridized carbons (Fsp3) is 0.321. The van der Waals surface area contributed by atoms with Crippen LogP contribution in [0.3, 0.4) is 0 Å². The third-order valence-electron chi connectivity index (χ3n) is 5.90. The fourth-order valence-corrected chi connectivity index (χ4v) is 6.68. The number of pyridine rings is 1. The average molecular weight is 556 g/mol. The molecular weight excluding hydrogens is 526 g/mol. The van der Waals surface area contributed by atoms with Gasteiger partial charge in [0.05, 0.1) is 10.1 Å². The Hall–Kier alpha value is -2.68. The number of hydrogen-bond acceptors (Lipinski definition) is 6. The normalized spacial score (nSPS) is 11.4. The quantitative estimate of drug-likeness (QED) is 0.202. The lowest BCUT2D eigenvalue weighted by atomic mass is 10.1. The molecule has 0 aliphatic carbocycles. The number of para-hydroxylation sites is 1. The number of benzene rings is 2. The first kappa shape index (κ1) is 27.4. The summed E-state index contributed by atoms with van der Waals surface area (Å²) in [5.41, 5.74) is 3.39. The van der Waals surface area contributed by atoms with Gasteiger partial charge in [0.15, 0.2) is 5.76 Å². The van der Waals surface area contributed by atoms with Crippen molar-refractivity contribution in [3.05, 3.63) is 65.2 Å². The van der Waals surface area contributed by atoms with Crippen molar-refractivity contribution in [3.8, 4) is 11.5 Å². The zero-order valence-corrected chi connectivity index (χ0v) is 23.8. The molecule has 0 unspecified atom stereocenters. The highest BCUT2D eigenvalue weighted by molar-refractivity contribution is 8.16. The number of amides is 2. The van der Waals surface area contributed by atoms with Crippen LogP contribution in [0.4, 0.5) is 0 Å². The van der Waals surface area contributed by atoms with E-state index in [0.717, 1.165) is 33.1 Å². The second kappa shape index (κ2) is 12.2. The molecule has 0 saturated heterocycles. The van der Waals surface area contributed by atoms with Crippen molar-refractivity contribution in [1.82, 2.24) is 14.8 Å². The molecule has 0 atom stereocenters. The summed E-state index contributed by atoms with van der Waals surface area (Å²) in [5.74, 6) is 2.23. The molecule has 2 aromatic carbocycles. The number of halogens is 1. The second-order valence-electron chi connectivity index (χ2n) is 9.06. The second-order valence-corrected chi connectivity index (χ2v) is 12.2. The van der Waals surface area contributed by atoms with Gasteiger partial charge < -0.3 is 14.2 Å². The van der Waals surface area contributed by atoms with E-state index in [1.54, 1.807) is 61.5 Å². The third kappa shape index (κ3) is 6.80. The molecule has 0 fully saturated rings. The Kier molecular flexibility index (Phi) is 9.05. The number of nitrogens with zero attached hydrogens (tertiary/aromatic N) is 3. The summed E-state index contributed by atoms with van der Waals surface area (Å²) < 4.78 is 6.41. The molecule has 4 rings (SSSR count). The molecule has 0 bridgehead atoms. The Bertz CT molecular complexity index is 1390. The van der Waals surface area contributed by atoms with Gasteiger partial charge in [-0.2, -0.15) is 0 Å². The van der Waals surface area contributed by atoms with Gasteiger partial charge in [-0.1, -0.05) is 41.9 Å². The molecule has 194 valence electrons. The van der Waals surface area contributed by atoms with Crippen molar-refractivity contribution in [2.45, 2.75) is 17.4 Å². The van der Waals surface area contributed by atoms with Gasteiger partial charge in [0.25, 0.3) is 0 Å². The molecule has 2 heterocycles. The minimum atomic E-state index is 0.0102. The van der Waals surface area contributed by atoms with Crippen molar-refractivity contribution in [2.24, 2.45) is 0 Å². The number of carbonyl (C=O) groups is 2. The van der Waals surface area contributed by atoms with Crippen LogP contribution in [0.25, 0.3) is 33.3 Å². The van der Waals surface area contributed by atoms with Crippen LogP contribution < -0.4 is 0 Å². The van der Waals surface area contributed by atoms with E-state index in [1.807, 2.05) is 48.5 Å². The van der Waals surface area contributed by atoms with Crippen LogP contribution in [0, 0.1) is 0 Å². The average Bonchev–Trinajstić information content (AvgIpc) is 3.31. The summed E-state index contributed by atoms with van der Waals surface area (Å²) in [4.78, 5) is 32.3. The molecule has 2 aromatic heterocycles. The highest BCUT2D eigenvalue weighted by Gasteiger charge is 2.21. The molecule has 0 radical (unpaired) electrons. The van der Waals surface area contributed by atoms with E-state index in [9.17, 15) is 9.59 Å². The Morgan fingerprint density at radius 1 is 0.892 bits per heavy atom. The molecule has 37 heavy (non-hydrogen) atoms. The van der Waals surface area contributed by atoms with Crippen molar-refractivity contribution in [3.63, 3.8) is 0 Å². The summed E-state index contributed by atoms with van der Waals surface area (Å²) in [6.45, 7) is 0. The number of rotatable bonds is 10. The smallest absolute Gasteiger partial charge is 0.222 e. The predicted octanol–water partition coefficient (Wildman–Crippen LogP) is 6.72. The monoisotopic (exact) mass is 555 g/mol. The molecule has 0 saturated carbocycles. The number of carbonyl (C=O) groups excluding carboxylic acids is 2. The maximum atomic E-state index is 12.1. The Balaban J connectivity index is 1.63. The van der Waals surface area contributed by atoms with E-state index in [-0.39, 0.29) is 16.4 Å². The summed E-state index contributed by atoms with van der Waals surface area (Å²) in [6, 6.07) is 17.7. The molecule has 0 spiro atoms. The van der Waals surface area contributed by atoms with Crippen LogP contribution in [0.5, 0.6) is 0 Å². The number of furan rings is 1. The first-order valence-corrected chi connectivity index (χ1v) is 14.4. The summed E-state index contributed by atoms with van der Waals surface area (Å²) in [6.07, 6.45) is 0.905. The van der Waals surface area contributed by atoms with Crippen LogP contribution in [0.15, 0.2) is 59.0 Å². The van der Waals surface area contributed by atoms with Gasteiger partial charge in [0.1, 0.15) is 11.3 Å². The molecule has 0 aliphatic rings. The van der Waals surface area contributed by atoms with Crippen molar-refractivity contribution in [1.29, 1.82) is 0 Å². The Morgan fingerprint density at radius 3 is 2.19 bits per heavy atom. The molecule has 9 heteroatoms. The van der Waals surface area contributed by atoms with Crippen molar-refractivity contribution in [2.75, 3.05) is 39.7 Å². The zero-order chi connectivity index (χ0) is 26.5. The van der Waals surface area contributed by atoms with Gasteiger partial charge in [0, 0.05) is 73.9 Å². The van der Waals surface area contributed by atoms with Gasteiger partial charge in [-0.25, -0.2) is 4.98 Å². The van der Waals surface area contributed by atoms with E-state index >= 15 is 0 Å². The number of thioether (sulfide) groups is 2. The SMILES string of the molecule is CN(C)C(=O)CCSC(SCCC(=O)N(C)C)c1cccc2cc(-c3ccc4ccc(Cl)cc4n3)oc12. The summed E-state index contributed by atoms with van der Waals surface area (Å²) in [5, 5.41) is 2.64. The lowest BCUT2D eigenvalue weighted by Crippen LogP contribution is -2.22. The molecule has 0 N–H and O–H groups in total. The van der Waals surface area contributed by atoms with E-state index in [4.69, 9.17) is 21.0 Å². The minimum Gasteiger partial charge on any atom is -0.454 e. The van der Waals surface area contributed by atoms with Gasteiger partial charge in [-0.05, 0) is 24.3 Å². The standard InChI is InChI=1S/C28H30ClN3O3S2/c1-31(2)25(33)12-14-36-28(37-15-13-26(34)32(3)4)21-7-5-6-19-16-24(35-27(19)21)22-11-9-18-8-10-20(29)17-23(18)30-22/h5-11,16-17,28H,12-15H2,1-4H3. The Morgan fingerprint density at radius 2 is 1.54 bits per heavy atom. The van der Waals surface area contributed by atoms with Crippen molar-refractivity contribution >= 4 is 68.8 Å². The number of aromatic nitrogens is 1. The first-order chi connectivity index (χ1) is 17.7.